The Labute approximate surface area is 112 Å². The number of amides is 1. The van der Waals surface area contributed by atoms with Crippen molar-refractivity contribution < 1.29 is 4.79 Å². The van der Waals surface area contributed by atoms with E-state index in [1.807, 2.05) is 20.9 Å². The maximum Gasteiger partial charge on any atom is 0.239 e. The predicted octanol–water partition coefficient (Wildman–Crippen LogP) is 2.71. The number of nitrogens with one attached hydrogen (secondary N) is 2. The van der Waals surface area contributed by atoms with Crippen LogP contribution in [0.2, 0.25) is 0 Å². The van der Waals surface area contributed by atoms with E-state index in [1.54, 1.807) is 0 Å². The van der Waals surface area contributed by atoms with Crippen molar-refractivity contribution in [2.24, 2.45) is 11.3 Å². The molecule has 18 heavy (non-hydrogen) atoms. The van der Waals surface area contributed by atoms with Gasteiger partial charge in [-0.05, 0) is 45.1 Å². The minimum absolute atomic E-state index is 0.117. The fourth-order valence-electron chi connectivity index (χ4n) is 2.80. The molecule has 1 aliphatic carbocycles. The topological polar surface area (TPSA) is 41.1 Å². The summed E-state index contributed by atoms with van der Waals surface area (Å²) < 4.78 is 0. The van der Waals surface area contributed by atoms with Crippen molar-refractivity contribution in [1.29, 1.82) is 0 Å². The fourth-order valence-corrected chi connectivity index (χ4v) is 2.80. The van der Waals surface area contributed by atoms with E-state index in [2.05, 4.69) is 31.4 Å². The van der Waals surface area contributed by atoms with E-state index in [9.17, 15) is 4.79 Å². The lowest BCUT2D eigenvalue weighted by Crippen LogP contribution is -2.56. The molecule has 0 aromatic carbocycles. The third-order valence-corrected chi connectivity index (χ3v) is 4.39. The SMILES string of the molecule is CNC(C)(C)C(=O)NC1CCCCC1C(C)(C)C. The van der Waals surface area contributed by atoms with Gasteiger partial charge in [0.2, 0.25) is 5.91 Å². The van der Waals surface area contributed by atoms with Crippen molar-refractivity contribution >= 4 is 5.91 Å². The van der Waals surface area contributed by atoms with Crippen LogP contribution in [-0.4, -0.2) is 24.5 Å². The average Bonchev–Trinajstić information content (AvgIpc) is 2.28. The van der Waals surface area contributed by atoms with Gasteiger partial charge in [0.05, 0.1) is 5.54 Å². The minimum atomic E-state index is -0.486. The molecule has 0 aromatic heterocycles. The smallest absolute Gasteiger partial charge is 0.239 e. The molecule has 0 bridgehead atoms. The molecule has 1 fully saturated rings. The maximum absolute atomic E-state index is 12.3. The van der Waals surface area contributed by atoms with Crippen LogP contribution in [-0.2, 0) is 4.79 Å². The van der Waals surface area contributed by atoms with Gasteiger partial charge in [-0.2, -0.15) is 0 Å². The highest BCUT2D eigenvalue weighted by atomic mass is 16.2. The Bertz CT molecular complexity index is 291. The molecule has 1 amide bonds. The summed E-state index contributed by atoms with van der Waals surface area (Å²) >= 11 is 0. The van der Waals surface area contributed by atoms with Gasteiger partial charge in [0.15, 0.2) is 0 Å². The van der Waals surface area contributed by atoms with Gasteiger partial charge in [-0.15, -0.1) is 0 Å². The lowest BCUT2D eigenvalue weighted by Gasteiger charge is -2.41. The van der Waals surface area contributed by atoms with Crippen LogP contribution in [0.15, 0.2) is 0 Å². The molecule has 3 nitrogen and oxygen atoms in total. The summed E-state index contributed by atoms with van der Waals surface area (Å²) in [5.41, 5.74) is -0.220. The third kappa shape index (κ3) is 3.71. The van der Waals surface area contributed by atoms with Gasteiger partial charge < -0.3 is 10.6 Å². The van der Waals surface area contributed by atoms with Crippen molar-refractivity contribution in [3.05, 3.63) is 0 Å². The van der Waals surface area contributed by atoms with Gasteiger partial charge in [-0.1, -0.05) is 33.6 Å². The van der Waals surface area contributed by atoms with Gasteiger partial charge in [-0.3, -0.25) is 4.79 Å². The van der Waals surface area contributed by atoms with Crippen molar-refractivity contribution in [3.63, 3.8) is 0 Å². The second-order valence-corrected chi connectivity index (χ2v) is 7.21. The first-order chi connectivity index (χ1) is 8.18. The van der Waals surface area contributed by atoms with Crippen LogP contribution in [0.1, 0.15) is 60.3 Å². The molecule has 0 saturated heterocycles. The monoisotopic (exact) mass is 254 g/mol. The fraction of sp³-hybridized carbons (Fsp3) is 0.933. The Kier molecular flexibility index (Phi) is 4.82. The number of rotatable bonds is 3. The molecule has 2 N–H and O–H groups in total. The van der Waals surface area contributed by atoms with Gasteiger partial charge in [0, 0.05) is 6.04 Å². The lowest BCUT2D eigenvalue weighted by molar-refractivity contribution is -0.128. The number of carbonyl (C=O) groups excluding carboxylic acids is 1. The van der Waals surface area contributed by atoms with E-state index in [0.29, 0.717) is 12.0 Å². The van der Waals surface area contributed by atoms with Gasteiger partial charge >= 0.3 is 0 Å². The normalized spacial score (nSPS) is 25.9. The summed E-state index contributed by atoms with van der Waals surface area (Å²) in [4.78, 5) is 12.3. The molecule has 1 aliphatic rings. The van der Waals surface area contributed by atoms with Crippen LogP contribution in [0, 0.1) is 11.3 Å². The first-order valence-electron chi connectivity index (χ1n) is 7.18. The molecule has 2 atom stereocenters. The largest absolute Gasteiger partial charge is 0.351 e. The Hall–Kier alpha value is -0.570. The molecule has 0 aromatic rings. The second-order valence-electron chi connectivity index (χ2n) is 7.21. The average molecular weight is 254 g/mol. The third-order valence-electron chi connectivity index (χ3n) is 4.39. The van der Waals surface area contributed by atoms with Crippen LogP contribution >= 0.6 is 0 Å². The zero-order valence-electron chi connectivity index (χ0n) is 12.9. The van der Waals surface area contributed by atoms with E-state index in [-0.39, 0.29) is 11.3 Å². The first-order valence-corrected chi connectivity index (χ1v) is 7.18. The molecule has 0 radical (unpaired) electrons. The van der Waals surface area contributed by atoms with Gasteiger partial charge in [0.1, 0.15) is 0 Å². The van der Waals surface area contributed by atoms with Crippen LogP contribution < -0.4 is 10.6 Å². The molecule has 3 heteroatoms. The van der Waals surface area contributed by atoms with Crippen molar-refractivity contribution in [2.75, 3.05) is 7.05 Å². The summed E-state index contributed by atoms with van der Waals surface area (Å²) in [7, 11) is 1.84. The number of hydrogen-bond acceptors (Lipinski definition) is 2. The summed E-state index contributed by atoms with van der Waals surface area (Å²) in [5, 5.41) is 6.34. The highest BCUT2D eigenvalue weighted by molar-refractivity contribution is 5.85. The number of carbonyl (C=O) groups is 1. The van der Waals surface area contributed by atoms with Gasteiger partial charge in [0.25, 0.3) is 0 Å². The summed E-state index contributed by atoms with van der Waals surface area (Å²) in [6.07, 6.45) is 4.88. The Morgan fingerprint density at radius 3 is 2.11 bits per heavy atom. The Morgan fingerprint density at radius 1 is 1.06 bits per heavy atom. The zero-order valence-corrected chi connectivity index (χ0v) is 12.9. The summed E-state index contributed by atoms with van der Waals surface area (Å²) in [6.45, 7) is 10.7. The minimum Gasteiger partial charge on any atom is -0.351 e. The molecule has 106 valence electrons. The summed E-state index contributed by atoms with van der Waals surface area (Å²) in [6, 6.07) is 0.332. The summed E-state index contributed by atoms with van der Waals surface area (Å²) in [5.74, 6) is 0.703. The molecular weight excluding hydrogens is 224 g/mol. The Morgan fingerprint density at radius 2 is 1.61 bits per heavy atom. The number of hydrogen-bond donors (Lipinski definition) is 2. The van der Waals surface area contributed by atoms with Crippen LogP contribution in [0.25, 0.3) is 0 Å². The van der Waals surface area contributed by atoms with Crippen LogP contribution in [0.4, 0.5) is 0 Å². The molecule has 1 saturated carbocycles. The lowest BCUT2D eigenvalue weighted by atomic mass is 9.69. The molecule has 0 aliphatic heterocycles. The van der Waals surface area contributed by atoms with E-state index >= 15 is 0 Å². The molecular formula is C15H30N2O. The predicted molar refractivity (Wildman–Crippen MR) is 76.5 cm³/mol. The maximum atomic E-state index is 12.3. The standard InChI is InChI=1S/C15H30N2O/c1-14(2,3)11-9-7-8-10-12(11)17-13(18)15(4,5)16-6/h11-12,16H,7-10H2,1-6H3,(H,17,18). The van der Waals surface area contributed by atoms with Crippen molar-refractivity contribution in [2.45, 2.75) is 71.9 Å². The Balaban J connectivity index is 2.72. The highest BCUT2D eigenvalue weighted by Gasteiger charge is 2.37. The first kappa shape index (κ1) is 15.5. The van der Waals surface area contributed by atoms with E-state index in [1.165, 1.54) is 19.3 Å². The van der Waals surface area contributed by atoms with Crippen molar-refractivity contribution in [1.82, 2.24) is 10.6 Å². The molecule has 1 rings (SSSR count). The molecule has 0 heterocycles. The zero-order chi connectivity index (χ0) is 14.0. The van der Waals surface area contributed by atoms with Crippen LogP contribution in [0.5, 0.6) is 0 Å². The van der Waals surface area contributed by atoms with Gasteiger partial charge in [-0.25, -0.2) is 0 Å². The molecule has 2 unspecified atom stereocenters. The van der Waals surface area contributed by atoms with Crippen LogP contribution in [0.3, 0.4) is 0 Å². The van der Waals surface area contributed by atoms with Crippen molar-refractivity contribution in [3.8, 4) is 0 Å². The quantitative estimate of drug-likeness (QED) is 0.813. The highest BCUT2D eigenvalue weighted by Crippen LogP contribution is 2.38. The van der Waals surface area contributed by atoms with E-state index in [0.717, 1.165) is 6.42 Å². The number of likely N-dealkylation sites (N-methyl/N-ethyl adjacent to an activating group) is 1. The van der Waals surface area contributed by atoms with E-state index in [4.69, 9.17) is 0 Å². The second kappa shape index (κ2) is 5.60. The molecule has 0 spiro atoms. The van der Waals surface area contributed by atoms with E-state index < -0.39 is 5.54 Å².